The molecule has 1 saturated carbocycles. The van der Waals surface area contributed by atoms with Crippen LogP contribution in [0.15, 0.2) is 18.2 Å². The molecule has 1 aromatic rings. The van der Waals surface area contributed by atoms with Gasteiger partial charge in [0.05, 0.1) is 12.1 Å². The van der Waals surface area contributed by atoms with Crippen molar-refractivity contribution in [3.05, 3.63) is 29.6 Å². The number of hydrogen-bond donors (Lipinski definition) is 2. The highest BCUT2D eigenvalue weighted by molar-refractivity contribution is 5.92. The lowest BCUT2D eigenvalue weighted by atomic mass is 10.2. The Hall–Kier alpha value is -1.93. The van der Waals surface area contributed by atoms with Gasteiger partial charge in [-0.1, -0.05) is 12.8 Å². The molecule has 0 unspecified atom stereocenters. The Morgan fingerprint density at radius 3 is 2.84 bits per heavy atom. The van der Waals surface area contributed by atoms with Crippen molar-refractivity contribution in [1.82, 2.24) is 5.32 Å². The van der Waals surface area contributed by atoms with Gasteiger partial charge in [0, 0.05) is 11.7 Å². The van der Waals surface area contributed by atoms with Gasteiger partial charge >= 0.3 is 0 Å². The van der Waals surface area contributed by atoms with Crippen LogP contribution in [0, 0.1) is 17.1 Å². The number of halogens is 1. The summed E-state index contributed by atoms with van der Waals surface area (Å²) in [7, 11) is 0. The number of carbonyl (C=O) groups excluding carboxylic acids is 1. The summed E-state index contributed by atoms with van der Waals surface area (Å²) >= 11 is 0. The first kappa shape index (κ1) is 13.5. The number of nitrogens with zero attached hydrogens (tertiary/aromatic N) is 1. The predicted octanol–water partition coefficient (Wildman–Crippen LogP) is 2.17. The van der Waals surface area contributed by atoms with Crippen molar-refractivity contribution < 1.29 is 9.18 Å². The van der Waals surface area contributed by atoms with E-state index in [-0.39, 0.29) is 18.0 Å². The Morgan fingerprint density at radius 1 is 1.42 bits per heavy atom. The van der Waals surface area contributed by atoms with Gasteiger partial charge in [-0.05, 0) is 31.0 Å². The minimum atomic E-state index is -0.579. The smallest absolute Gasteiger partial charge is 0.238 e. The maximum atomic E-state index is 13.1. The molecule has 0 aromatic heterocycles. The van der Waals surface area contributed by atoms with Gasteiger partial charge in [0.1, 0.15) is 11.9 Å². The van der Waals surface area contributed by atoms with Crippen LogP contribution in [-0.4, -0.2) is 18.5 Å². The molecule has 0 spiro atoms. The number of rotatable bonds is 4. The zero-order chi connectivity index (χ0) is 13.7. The van der Waals surface area contributed by atoms with Crippen LogP contribution in [0.5, 0.6) is 0 Å². The van der Waals surface area contributed by atoms with E-state index in [0.29, 0.717) is 11.7 Å². The first-order valence-electron chi connectivity index (χ1n) is 6.42. The fourth-order valence-corrected chi connectivity index (χ4v) is 2.26. The van der Waals surface area contributed by atoms with Crippen LogP contribution in [0.4, 0.5) is 10.1 Å². The molecule has 5 heteroatoms. The normalized spacial score (nSPS) is 15.2. The van der Waals surface area contributed by atoms with Gasteiger partial charge in [-0.3, -0.25) is 4.79 Å². The summed E-state index contributed by atoms with van der Waals surface area (Å²) < 4.78 is 13.1. The third kappa shape index (κ3) is 3.76. The topological polar surface area (TPSA) is 64.9 Å². The second-order valence-corrected chi connectivity index (χ2v) is 4.72. The van der Waals surface area contributed by atoms with Gasteiger partial charge in [0.2, 0.25) is 5.91 Å². The van der Waals surface area contributed by atoms with Gasteiger partial charge in [-0.15, -0.1) is 0 Å². The van der Waals surface area contributed by atoms with E-state index >= 15 is 0 Å². The molecular formula is C14H16FN3O. The van der Waals surface area contributed by atoms with Crippen molar-refractivity contribution in [2.24, 2.45) is 0 Å². The first-order valence-corrected chi connectivity index (χ1v) is 6.42. The number of anilines is 1. The minimum absolute atomic E-state index is 0.0680. The van der Waals surface area contributed by atoms with E-state index in [1.165, 1.54) is 31.0 Å². The van der Waals surface area contributed by atoms with Crippen LogP contribution in [-0.2, 0) is 4.79 Å². The van der Waals surface area contributed by atoms with Crippen molar-refractivity contribution in [1.29, 1.82) is 5.26 Å². The van der Waals surface area contributed by atoms with E-state index in [1.807, 2.05) is 0 Å². The summed E-state index contributed by atoms with van der Waals surface area (Å²) in [6, 6.07) is 6.13. The van der Waals surface area contributed by atoms with E-state index in [4.69, 9.17) is 5.26 Å². The zero-order valence-electron chi connectivity index (χ0n) is 10.6. The molecule has 2 N–H and O–H groups in total. The van der Waals surface area contributed by atoms with Gasteiger partial charge in [0.15, 0.2) is 0 Å². The van der Waals surface area contributed by atoms with E-state index in [1.54, 1.807) is 6.07 Å². The summed E-state index contributed by atoms with van der Waals surface area (Å²) in [5, 5.41) is 14.5. The molecule has 0 radical (unpaired) electrons. The molecule has 1 aliphatic carbocycles. The lowest BCUT2D eigenvalue weighted by Crippen LogP contribution is -2.34. The monoisotopic (exact) mass is 261 g/mol. The number of hydrogen-bond acceptors (Lipinski definition) is 3. The molecular weight excluding hydrogens is 245 g/mol. The van der Waals surface area contributed by atoms with Crippen LogP contribution >= 0.6 is 0 Å². The summed E-state index contributed by atoms with van der Waals surface area (Å²) in [6.07, 6.45) is 4.65. The molecule has 19 heavy (non-hydrogen) atoms. The second-order valence-electron chi connectivity index (χ2n) is 4.72. The molecule has 2 rings (SSSR count). The molecule has 0 saturated heterocycles. The Bertz CT molecular complexity index is 504. The second kappa shape index (κ2) is 6.30. The number of carbonyl (C=O) groups is 1. The van der Waals surface area contributed by atoms with E-state index in [2.05, 4.69) is 10.6 Å². The maximum Gasteiger partial charge on any atom is 0.238 e. The first-order chi connectivity index (χ1) is 9.19. The van der Waals surface area contributed by atoms with Crippen LogP contribution in [0.3, 0.4) is 0 Å². The molecule has 1 aromatic carbocycles. The summed E-state index contributed by atoms with van der Waals surface area (Å²) in [5.41, 5.74) is 0.373. The Kier molecular flexibility index (Phi) is 4.48. The molecule has 4 nitrogen and oxygen atoms in total. The molecule has 0 bridgehead atoms. The third-order valence-electron chi connectivity index (χ3n) is 3.28. The van der Waals surface area contributed by atoms with Crippen LogP contribution < -0.4 is 10.6 Å². The fourth-order valence-electron chi connectivity index (χ4n) is 2.26. The van der Waals surface area contributed by atoms with Gasteiger partial charge < -0.3 is 10.6 Å². The van der Waals surface area contributed by atoms with Crippen molar-refractivity contribution in [3.63, 3.8) is 0 Å². The van der Waals surface area contributed by atoms with Crippen molar-refractivity contribution >= 4 is 11.6 Å². The third-order valence-corrected chi connectivity index (χ3v) is 3.28. The molecule has 0 aliphatic heterocycles. The van der Waals surface area contributed by atoms with Crippen LogP contribution in [0.25, 0.3) is 0 Å². The number of nitrogens with one attached hydrogen (secondary N) is 2. The van der Waals surface area contributed by atoms with E-state index in [0.717, 1.165) is 12.8 Å². The van der Waals surface area contributed by atoms with E-state index < -0.39 is 5.82 Å². The number of amides is 1. The molecule has 0 heterocycles. The van der Waals surface area contributed by atoms with Crippen molar-refractivity contribution in [2.45, 2.75) is 31.7 Å². The zero-order valence-corrected chi connectivity index (χ0v) is 10.6. The summed E-state index contributed by atoms with van der Waals surface area (Å²) in [5.74, 6) is -0.757. The highest BCUT2D eigenvalue weighted by atomic mass is 19.1. The Balaban J connectivity index is 1.86. The van der Waals surface area contributed by atoms with Gasteiger partial charge in [-0.2, -0.15) is 5.26 Å². The standard InChI is InChI=1S/C14H16FN3O/c15-13-6-5-12(7-10(13)8-16)18-14(19)9-17-11-3-1-2-4-11/h5-7,11,17H,1-4,9H2,(H,18,19). The summed E-state index contributed by atoms with van der Waals surface area (Å²) in [6.45, 7) is 0.240. The molecule has 100 valence electrons. The summed E-state index contributed by atoms with van der Waals surface area (Å²) in [4.78, 5) is 11.7. The minimum Gasteiger partial charge on any atom is -0.325 e. The predicted molar refractivity (Wildman–Crippen MR) is 70.0 cm³/mol. The Morgan fingerprint density at radius 2 is 2.16 bits per heavy atom. The van der Waals surface area contributed by atoms with Gasteiger partial charge in [-0.25, -0.2) is 4.39 Å². The van der Waals surface area contributed by atoms with Crippen LogP contribution in [0.2, 0.25) is 0 Å². The molecule has 1 amide bonds. The van der Waals surface area contributed by atoms with Crippen LogP contribution in [0.1, 0.15) is 31.2 Å². The largest absolute Gasteiger partial charge is 0.325 e. The van der Waals surface area contributed by atoms with E-state index in [9.17, 15) is 9.18 Å². The Labute approximate surface area is 111 Å². The average molecular weight is 261 g/mol. The fraction of sp³-hybridized carbons (Fsp3) is 0.429. The molecule has 0 atom stereocenters. The van der Waals surface area contributed by atoms with Crippen molar-refractivity contribution in [3.8, 4) is 6.07 Å². The number of nitriles is 1. The highest BCUT2D eigenvalue weighted by Gasteiger charge is 2.15. The lowest BCUT2D eigenvalue weighted by molar-refractivity contribution is -0.115. The maximum absolute atomic E-state index is 13.1. The molecule has 1 aliphatic rings. The highest BCUT2D eigenvalue weighted by Crippen LogP contribution is 2.17. The van der Waals surface area contributed by atoms with Gasteiger partial charge in [0.25, 0.3) is 0 Å². The number of benzene rings is 1. The molecule has 1 fully saturated rings. The van der Waals surface area contributed by atoms with Crippen molar-refractivity contribution in [2.75, 3.05) is 11.9 Å². The lowest BCUT2D eigenvalue weighted by Gasteiger charge is -2.11. The SMILES string of the molecule is N#Cc1cc(NC(=O)CNC2CCCC2)ccc1F. The quantitative estimate of drug-likeness (QED) is 0.873. The average Bonchev–Trinajstić information content (AvgIpc) is 2.92.